The van der Waals surface area contributed by atoms with Crippen molar-refractivity contribution in [1.82, 2.24) is 9.78 Å². The van der Waals surface area contributed by atoms with E-state index in [1.165, 1.54) is 11.6 Å². The van der Waals surface area contributed by atoms with E-state index in [4.69, 9.17) is 10.5 Å². The highest BCUT2D eigenvalue weighted by atomic mass is 16.6. The van der Waals surface area contributed by atoms with Gasteiger partial charge in [0, 0.05) is 12.0 Å². The molecular formula is C13H19N5O3. The molecule has 8 nitrogen and oxygen atoms in total. The fourth-order valence-corrected chi connectivity index (χ4v) is 2.25. The molecule has 0 unspecified atom stereocenters. The highest BCUT2D eigenvalue weighted by Crippen LogP contribution is 2.36. The van der Waals surface area contributed by atoms with Crippen LogP contribution in [0.1, 0.15) is 32.4 Å². The van der Waals surface area contributed by atoms with Crippen LogP contribution in [-0.2, 0) is 5.54 Å². The molecule has 1 heterocycles. The van der Waals surface area contributed by atoms with Gasteiger partial charge in [-0.25, -0.2) is 4.68 Å². The van der Waals surface area contributed by atoms with E-state index in [-0.39, 0.29) is 29.2 Å². The Bertz CT molecular complexity index is 602. The summed E-state index contributed by atoms with van der Waals surface area (Å²) in [4.78, 5) is 10.7. The van der Waals surface area contributed by atoms with Gasteiger partial charge in [-0.05, 0) is 33.6 Å². The van der Waals surface area contributed by atoms with Crippen LogP contribution in [0.3, 0.4) is 0 Å². The van der Waals surface area contributed by atoms with E-state index in [1.807, 2.05) is 0 Å². The average Bonchev–Trinajstić information content (AvgIpc) is 2.75. The summed E-state index contributed by atoms with van der Waals surface area (Å²) in [7, 11) is 0. The van der Waals surface area contributed by atoms with Crippen molar-refractivity contribution in [3.8, 4) is 11.9 Å². The summed E-state index contributed by atoms with van der Waals surface area (Å²) in [5.41, 5.74) is 4.86. The second-order valence-electron chi connectivity index (χ2n) is 5.89. The molecule has 0 radical (unpaired) electrons. The summed E-state index contributed by atoms with van der Waals surface area (Å²) < 4.78 is 6.92. The summed E-state index contributed by atoms with van der Waals surface area (Å²) in [6.45, 7) is 5.09. The second kappa shape index (κ2) is 5.33. The van der Waals surface area contributed by atoms with Gasteiger partial charge in [-0.15, -0.1) is 0 Å². The first kappa shape index (κ1) is 15.3. The van der Waals surface area contributed by atoms with Crippen LogP contribution in [0.15, 0.2) is 0 Å². The van der Waals surface area contributed by atoms with Gasteiger partial charge in [0.25, 0.3) is 5.88 Å². The summed E-state index contributed by atoms with van der Waals surface area (Å²) in [5.74, 6) is 0.224. The summed E-state index contributed by atoms with van der Waals surface area (Å²) in [5, 5.41) is 24.6. The Morgan fingerprint density at radius 3 is 2.71 bits per heavy atom. The number of aromatic nitrogens is 2. The first-order chi connectivity index (χ1) is 9.77. The minimum atomic E-state index is -1.03. The lowest BCUT2D eigenvalue weighted by atomic mass is 9.81. The van der Waals surface area contributed by atoms with Gasteiger partial charge in [0.1, 0.15) is 11.2 Å². The number of nitrogens with two attached hydrogens (primary N) is 1. The lowest BCUT2D eigenvalue weighted by Gasteiger charge is -2.33. The quantitative estimate of drug-likeness (QED) is 0.648. The number of aryl methyl sites for hydroxylation is 1. The Morgan fingerprint density at radius 1 is 1.62 bits per heavy atom. The SMILES string of the molecule is Cc1nn(C(C)(C)C#N)c(OC[C@@H]2CC[C@H]2N)c1[N+](=O)[O-]. The normalized spacial score (nSPS) is 21.5. The number of nitrogens with zero attached hydrogens (tertiary/aromatic N) is 4. The van der Waals surface area contributed by atoms with Crippen LogP contribution >= 0.6 is 0 Å². The third-order valence-corrected chi connectivity index (χ3v) is 3.88. The number of hydrogen-bond donors (Lipinski definition) is 1. The molecule has 1 aliphatic rings. The summed E-state index contributed by atoms with van der Waals surface area (Å²) in [6, 6.07) is 2.15. The zero-order chi connectivity index (χ0) is 15.8. The average molecular weight is 293 g/mol. The van der Waals surface area contributed by atoms with Crippen molar-refractivity contribution in [2.75, 3.05) is 6.61 Å². The van der Waals surface area contributed by atoms with Crippen molar-refractivity contribution in [2.24, 2.45) is 11.7 Å². The van der Waals surface area contributed by atoms with Gasteiger partial charge < -0.3 is 10.5 Å². The maximum Gasteiger partial charge on any atom is 0.353 e. The highest BCUT2D eigenvalue weighted by molar-refractivity contribution is 5.46. The van der Waals surface area contributed by atoms with Crippen LogP contribution < -0.4 is 10.5 Å². The zero-order valence-corrected chi connectivity index (χ0v) is 12.4. The molecule has 1 aromatic rings. The Balaban J connectivity index is 2.35. The molecule has 0 amide bonds. The largest absolute Gasteiger partial charge is 0.473 e. The maximum atomic E-state index is 11.2. The molecule has 2 N–H and O–H groups in total. The molecule has 8 heteroatoms. The van der Waals surface area contributed by atoms with Crippen molar-refractivity contribution in [3.05, 3.63) is 15.8 Å². The van der Waals surface area contributed by atoms with Gasteiger partial charge in [-0.3, -0.25) is 10.1 Å². The summed E-state index contributed by atoms with van der Waals surface area (Å²) >= 11 is 0. The lowest BCUT2D eigenvalue weighted by Crippen LogP contribution is -2.42. The highest BCUT2D eigenvalue weighted by Gasteiger charge is 2.36. The number of nitriles is 1. The minimum Gasteiger partial charge on any atom is -0.473 e. The zero-order valence-electron chi connectivity index (χ0n) is 12.4. The molecule has 1 fully saturated rings. The molecule has 1 aliphatic carbocycles. The van der Waals surface area contributed by atoms with Gasteiger partial charge in [-0.1, -0.05) is 0 Å². The predicted molar refractivity (Wildman–Crippen MR) is 74.7 cm³/mol. The molecule has 2 rings (SSSR count). The van der Waals surface area contributed by atoms with Crippen LogP contribution in [0.25, 0.3) is 0 Å². The van der Waals surface area contributed by atoms with Crippen molar-refractivity contribution < 1.29 is 9.66 Å². The van der Waals surface area contributed by atoms with E-state index in [2.05, 4.69) is 11.2 Å². The van der Waals surface area contributed by atoms with E-state index >= 15 is 0 Å². The minimum absolute atomic E-state index is 0.0307. The molecule has 21 heavy (non-hydrogen) atoms. The second-order valence-corrected chi connectivity index (χ2v) is 5.89. The topological polar surface area (TPSA) is 120 Å². The van der Waals surface area contributed by atoms with Crippen molar-refractivity contribution >= 4 is 5.69 Å². The van der Waals surface area contributed by atoms with E-state index in [1.54, 1.807) is 13.8 Å². The first-order valence-electron chi connectivity index (χ1n) is 6.82. The molecule has 0 bridgehead atoms. The molecule has 0 aromatic carbocycles. The Labute approximate surface area is 122 Å². The Kier molecular flexibility index (Phi) is 3.87. The molecule has 1 saturated carbocycles. The fraction of sp³-hybridized carbons (Fsp3) is 0.692. The lowest BCUT2D eigenvalue weighted by molar-refractivity contribution is -0.386. The van der Waals surface area contributed by atoms with E-state index < -0.39 is 10.5 Å². The third-order valence-electron chi connectivity index (χ3n) is 3.88. The van der Waals surface area contributed by atoms with Crippen LogP contribution in [0, 0.1) is 34.3 Å². The van der Waals surface area contributed by atoms with Crippen LogP contribution in [0.2, 0.25) is 0 Å². The van der Waals surface area contributed by atoms with E-state index in [0.29, 0.717) is 6.61 Å². The van der Waals surface area contributed by atoms with Gasteiger partial charge in [-0.2, -0.15) is 10.4 Å². The van der Waals surface area contributed by atoms with Crippen LogP contribution in [0.5, 0.6) is 5.88 Å². The Hall–Kier alpha value is -2.14. The van der Waals surface area contributed by atoms with Crippen molar-refractivity contribution in [2.45, 2.75) is 45.2 Å². The Morgan fingerprint density at radius 2 is 2.29 bits per heavy atom. The van der Waals surface area contributed by atoms with E-state index in [0.717, 1.165) is 12.8 Å². The fourth-order valence-electron chi connectivity index (χ4n) is 2.25. The molecule has 1 aromatic heterocycles. The van der Waals surface area contributed by atoms with E-state index in [9.17, 15) is 15.4 Å². The standard InChI is InChI=1S/C13H19N5O3/c1-8-11(18(19)20)12(17(16-8)13(2,3)7-14)21-6-9-4-5-10(9)15/h9-10H,4-6,15H2,1-3H3/t9-,10+/m0/s1. The van der Waals surface area contributed by atoms with Crippen LogP contribution in [-0.4, -0.2) is 27.4 Å². The monoisotopic (exact) mass is 293 g/mol. The number of rotatable bonds is 5. The molecule has 0 saturated heterocycles. The van der Waals surface area contributed by atoms with Gasteiger partial charge in [0.15, 0.2) is 0 Å². The number of ether oxygens (including phenoxy) is 1. The van der Waals surface area contributed by atoms with Gasteiger partial charge >= 0.3 is 5.69 Å². The van der Waals surface area contributed by atoms with Crippen molar-refractivity contribution in [3.63, 3.8) is 0 Å². The predicted octanol–water partition coefficient (Wildman–Crippen LogP) is 1.47. The van der Waals surface area contributed by atoms with Gasteiger partial charge in [0.05, 0.1) is 17.6 Å². The molecule has 0 aliphatic heterocycles. The smallest absolute Gasteiger partial charge is 0.353 e. The maximum absolute atomic E-state index is 11.2. The first-order valence-corrected chi connectivity index (χ1v) is 6.82. The molecule has 0 spiro atoms. The number of nitro groups is 1. The third kappa shape index (κ3) is 2.69. The number of hydrogen-bond acceptors (Lipinski definition) is 6. The molecule has 2 atom stereocenters. The van der Waals surface area contributed by atoms with Crippen molar-refractivity contribution in [1.29, 1.82) is 5.26 Å². The van der Waals surface area contributed by atoms with Crippen LogP contribution in [0.4, 0.5) is 5.69 Å². The molecular weight excluding hydrogens is 274 g/mol. The van der Waals surface area contributed by atoms with Gasteiger partial charge in [0.2, 0.25) is 0 Å². The molecule has 114 valence electrons. The summed E-state index contributed by atoms with van der Waals surface area (Å²) in [6.07, 6.45) is 1.89.